The first-order valence-electron chi connectivity index (χ1n) is 4.34. The van der Waals surface area contributed by atoms with Crippen LogP contribution < -0.4 is 4.74 Å². The van der Waals surface area contributed by atoms with Gasteiger partial charge in [-0.3, -0.25) is 5.10 Å². The molecule has 2 N–H and O–H groups in total. The van der Waals surface area contributed by atoms with Gasteiger partial charge >= 0.3 is 12.3 Å². The fraction of sp³-hybridized carbons (Fsp3) is 0.111. The summed E-state index contributed by atoms with van der Waals surface area (Å²) in [5, 5.41) is 14.7. The summed E-state index contributed by atoms with van der Waals surface area (Å²) in [5.41, 5.74) is -0.0375. The normalized spacial score (nSPS) is 11.7. The van der Waals surface area contributed by atoms with Crippen LogP contribution in [0.15, 0.2) is 18.2 Å². The number of alkyl halides is 3. The van der Waals surface area contributed by atoms with Crippen LogP contribution >= 0.6 is 0 Å². The van der Waals surface area contributed by atoms with Crippen molar-refractivity contribution in [3.05, 3.63) is 23.9 Å². The van der Waals surface area contributed by atoms with Crippen LogP contribution in [0.3, 0.4) is 0 Å². The van der Waals surface area contributed by atoms with Crippen molar-refractivity contribution in [2.75, 3.05) is 0 Å². The molecule has 0 fully saturated rings. The van der Waals surface area contributed by atoms with Crippen LogP contribution in [0.1, 0.15) is 10.5 Å². The van der Waals surface area contributed by atoms with E-state index in [1.807, 2.05) is 0 Å². The molecular weight excluding hydrogens is 241 g/mol. The molecule has 5 nitrogen and oxygen atoms in total. The lowest BCUT2D eigenvalue weighted by atomic mass is 10.2. The Kier molecular flexibility index (Phi) is 2.41. The molecule has 0 spiro atoms. The Bertz CT molecular complexity index is 576. The van der Waals surface area contributed by atoms with E-state index in [2.05, 4.69) is 14.9 Å². The van der Waals surface area contributed by atoms with Gasteiger partial charge in [0.25, 0.3) is 0 Å². The highest BCUT2D eigenvalue weighted by atomic mass is 19.4. The van der Waals surface area contributed by atoms with Gasteiger partial charge in [0.2, 0.25) is 0 Å². The number of hydrogen-bond donors (Lipinski definition) is 2. The van der Waals surface area contributed by atoms with Crippen molar-refractivity contribution in [1.29, 1.82) is 0 Å². The Morgan fingerprint density at radius 2 is 2.12 bits per heavy atom. The van der Waals surface area contributed by atoms with Crippen LogP contribution in [-0.4, -0.2) is 27.6 Å². The van der Waals surface area contributed by atoms with Crippen molar-refractivity contribution in [2.24, 2.45) is 0 Å². The molecule has 0 atom stereocenters. The number of nitrogens with one attached hydrogen (secondary N) is 1. The molecule has 0 saturated heterocycles. The van der Waals surface area contributed by atoms with Gasteiger partial charge in [0, 0.05) is 5.39 Å². The average molecular weight is 246 g/mol. The molecule has 0 unspecified atom stereocenters. The number of aromatic nitrogens is 2. The maximum atomic E-state index is 12.0. The lowest BCUT2D eigenvalue weighted by Crippen LogP contribution is -2.17. The smallest absolute Gasteiger partial charge is 0.476 e. The zero-order valence-corrected chi connectivity index (χ0v) is 8.08. The van der Waals surface area contributed by atoms with Crippen LogP contribution in [0.2, 0.25) is 0 Å². The minimum atomic E-state index is -4.82. The molecular formula is C9H5F3N2O3. The van der Waals surface area contributed by atoms with Crippen molar-refractivity contribution in [3.63, 3.8) is 0 Å². The molecule has 0 aliphatic heterocycles. The standard InChI is InChI=1S/C9H5F3N2O3/c10-9(11,12)17-4-1-2-6-5(3-4)7(8(15)16)14-13-6/h1-3H,(H,13,14)(H,15,16). The Hall–Kier alpha value is -2.25. The number of hydrogen-bond acceptors (Lipinski definition) is 3. The largest absolute Gasteiger partial charge is 0.573 e. The van der Waals surface area contributed by atoms with Crippen molar-refractivity contribution >= 4 is 16.9 Å². The van der Waals surface area contributed by atoms with Gasteiger partial charge in [0.15, 0.2) is 5.69 Å². The molecule has 17 heavy (non-hydrogen) atoms. The van der Waals surface area contributed by atoms with E-state index in [4.69, 9.17) is 5.11 Å². The summed E-state index contributed by atoms with van der Waals surface area (Å²) >= 11 is 0. The van der Waals surface area contributed by atoms with Crippen molar-refractivity contribution in [1.82, 2.24) is 10.2 Å². The van der Waals surface area contributed by atoms with Gasteiger partial charge in [-0.1, -0.05) is 0 Å². The average Bonchev–Trinajstić information content (AvgIpc) is 2.57. The van der Waals surface area contributed by atoms with E-state index in [-0.39, 0.29) is 11.1 Å². The van der Waals surface area contributed by atoms with Crippen molar-refractivity contribution in [2.45, 2.75) is 6.36 Å². The number of carbonyl (C=O) groups is 1. The van der Waals surface area contributed by atoms with Crippen LogP contribution in [0.5, 0.6) is 5.75 Å². The van der Waals surface area contributed by atoms with Gasteiger partial charge in [-0.25, -0.2) is 4.79 Å². The first kappa shape index (κ1) is 11.2. The number of nitrogens with zero attached hydrogens (tertiary/aromatic N) is 1. The molecule has 90 valence electrons. The van der Waals surface area contributed by atoms with E-state index in [0.717, 1.165) is 12.1 Å². The highest BCUT2D eigenvalue weighted by Crippen LogP contribution is 2.27. The van der Waals surface area contributed by atoms with Crippen LogP contribution in [0.25, 0.3) is 10.9 Å². The second-order valence-electron chi connectivity index (χ2n) is 3.13. The minimum absolute atomic E-state index is 0.0549. The zero-order chi connectivity index (χ0) is 12.6. The third kappa shape index (κ3) is 2.30. The van der Waals surface area contributed by atoms with Gasteiger partial charge in [0.05, 0.1) is 5.52 Å². The maximum absolute atomic E-state index is 12.0. The second kappa shape index (κ2) is 3.65. The third-order valence-corrected chi connectivity index (χ3v) is 1.97. The first-order chi connectivity index (χ1) is 7.87. The van der Waals surface area contributed by atoms with E-state index >= 15 is 0 Å². The van der Waals surface area contributed by atoms with E-state index < -0.39 is 18.1 Å². The number of halogens is 3. The summed E-state index contributed by atoms with van der Waals surface area (Å²) < 4.78 is 39.6. The molecule has 0 saturated carbocycles. The molecule has 8 heteroatoms. The lowest BCUT2D eigenvalue weighted by molar-refractivity contribution is -0.274. The van der Waals surface area contributed by atoms with Gasteiger partial charge < -0.3 is 9.84 Å². The number of ether oxygens (including phenoxy) is 1. The minimum Gasteiger partial charge on any atom is -0.476 e. The SMILES string of the molecule is O=C(O)c1n[nH]c2ccc(OC(F)(F)F)cc12. The zero-order valence-electron chi connectivity index (χ0n) is 8.08. The summed E-state index contributed by atoms with van der Waals surface area (Å²) in [6.07, 6.45) is -4.82. The number of aromatic carboxylic acids is 1. The number of H-pyrrole nitrogens is 1. The Morgan fingerprint density at radius 1 is 1.41 bits per heavy atom. The number of fused-ring (bicyclic) bond motifs is 1. The second-order valence-corrected chi connectivity index (χ2v) is 3.13. The quantitative estimate of drug-likeness (QED) is 0.851. The summed E-state index contributed by atoms with van der Waals surface area (Å²) in [6.45, 7) is 0. The molecule has 0 amide bonds. The third-order valence-electron chi connectivity index (χ3n) is 1.97. The van der Waals surface area contributed by atoms with E-state index in [1.54, 1.807) is 0 Å². The molecule has 1 heterocycles. The molecule has 2 aromatic rings. The number of carboxylic acids is 1. The van der Waals surface area contributed by atoms with E-state index in [1.165, 1.54) is 6.07 Å². The fourth-order valence-corrected chi connectivity index (χ4v) is 1.35. The Balaban J connectivity index is 2.48. The van der Waals surface area contributed by atoms with Crippen molar-refractivity contribution in [3.8, 4) is 5.75 Å². The van der Waals surface area contributed by atoms with Crippen LogP contribution in [0, 0.1) is 0 Å². The summed E-state index contributed by atoms with van der Waals surface area (Å²) in [7, 11) is 0. The molecule has 0 bridgehead atoms. The summed E-state index contributed by atoms with van der Waals surface area (Å²) in [4.78, 5) is 10.7. The van der Waals surface area contributed by atoms with Gasteiger partial charge in [0.1, 0.15) is 5.75 Å². The Labute approximate surface area is 91.8 Å². The fourth-order valence-electron chi connectivity index (χ4n) is 1.35. The van der Waals surface area contributed by atoms with Gasteiger partial charge in [-0.15, -0.1) is 13.2 Å². The highest BCUT2D eigenvalue weighted by molar-refractivity contribution is 6.01. The molecule has 0 aliphatic carbocycles. The molecule has 0 radical (unpaired) electrons. The summed E-state index contributed by atoms with van der Waals surface area (Å²) in [5.74, 6) is -1.82. The lowest BCUT2D eigenvalue weighted by Gasteiger charge is -2.08. The molecule has 1 aromatic carbocycles. The predicted octanol–water partition coefficient (Wildman–Crippen LogP) is 2.16. The summed E-state index contributed by atoms with van der Waals surface area (Å²) in [6, 6.07) is 3.30. The molecule has 2 rings (SSSR count). The maximum Gasteiger partial charge on any atom is 0.573 e. The predicted molar refractivity (Wildman–Crippen MR) is 49.7 cm³/mol. The molecule has 0 aliphatic rings. The molecule has 1 aromatic heterocycles. The van der Waals surface area contributed by atoms with E-state index in [9.17, 15) is 18.0 Å². The van der Waals surface area contributed by atoms with Crippen molar-refractivity contribution < 1.29 is 27.8 Å². The van der Waals surface area contributed by atoms with Crippen LogP contribution in [0.4, 0.5) is 13.2 Å². The van der Waals surface area contributed by atoms with Gasteiger partial charge in [-0.05, 0) is 18.2 Å². The Morgan fingerprint density at radius 3 is 2.71 bits per heavy atom. The number of aromatic amines is 1. The topological polar surface area (TPSA) is 75.2 Å². The van der Waals surface area contributed by atoms with E-state index in [0.29, 0.717) is 5.52 Å². The number of carboxylic acid groups (broad SMARTS) is 1. The number of benzene rings is 1. The van der Waals surface area contributed by atoms with Crippen LogP contribution in [-0.2, 0) is 0 Å². The number of rotatable bonds is 2. The van der Waals surface area contributed by atoms with Gasteiger partial charge in [-0.2, -0.15) is 5.10 Å². The monoisotopic (exact) mass is 246 g/mol. The first-order valence-corrected chi connectivity index (χ1v) is 4.34. The highest BCUT2D eigenvalue weighted by Gasteiger charge is 2.31.